The Morgan fingerprint density at radius 1 is 1.04 bits per heavy atom. The van der Waals surface area contributed by atoms with Gasteiger partial charge in [-0.1, -0.05) is 6.08 Å². The number of nitrogens with one attached hydrogen (secondary N) is 3. The lowest BCUT2D eigenvalue weighted by Crippen LogP contribution is -2.41. The third-order valence-electron chi connectivity index (χ3n) is 3.76. The van der Waals surface area contributed by atoms with Crippen LogP contribution in [0.15, 0.2) is 12.7 Å². The van der Waals surface area contributed by atoms with Crippen molar-refractivity contribution in [1.82, 2.24) is 20.3 Å². The Morgan fingerprint density at radius 3 is 2.58 bits per heavy atom. The number of rotatable bonds is 4. The topological polar surface area (TPSA) is 57.8 Å². The van der Waals surface area contributed by atoms with E-state index in [0.717, 1.165) is 85.1 Å². The monoisotopic (exact) mass is 472 g/mol. The average Bonchev–Trinajstić information content (AvgIpc) is 2.60. The van der Waals surface area contributed by atoms with E-state index in [1.54, 1.807) is 9.12 Å². The van der Waals surface area contributed by atoms with Crippen molar-refractivity contribution < 1.29 is 9.47 Å². The molecule has 8 heteroatoms. The van der Waals surface area contributed by atoms with Gasteiger partial charge in [-0.3, -0.25) is 0 Å². The van der Waals surface area contributed by atoms with Gasteiger partial charge in [0.15, 0.2) is 0 Å². The van der Waals surface area contributed by atoms with Crippen LogP contribution in [-0.2, 0) is 9.47 Å². The molecule has 24 heavy (non-hydrogen) atoms. The minimum Gasteiger partial charge on any atom is -0.379 e. The van der Waals surface area contributed by atoms with Crippen molar-refractivity contribution in [3.8, 4) is 0 Å². The molecule has 0 aromatic rings. The fraction of sp³-hybridized carbons (Fsp3) is 0.875. The molecule has 0 bridgehead atoms. The van der Waals surface area contributed by atoms with Crippen molar-refractivity contribution >= 4 is 30.3 Å². The molecule has 0 amide bonds. The van der Waals surface area contributed by atoms with Gasteiger partial charge in [-0.15, -0.1) is 6.58 Å². The summed E-state index contributed by atoms with van der Waals surface area (Å²) in [6.45, 7) is 13.4. The lowest BCUT2D eigenvalue weighted by Gasteiger charge is -2.20. The molecule has 1 heterocycles. The summed E-state index contributed by atoms with van der Waals surface area (Å²) in [5, 5.41) is 10.5. The van der Waals surface area contributed by atoms with Gasteiger partial charge in [-0.25, -0.2) is 4.31 Å². The first-order chi connectivity index (χ1) is 11.9. The van der Waals surface area contributed by atoms with Crippen molar-refractivity contribution in [1.29, 1.82) is 0 Å². The Labute approximate surface area is 163 Å². The molecule has 1 aliphatic heterocycles. The van der Waals surface area contributed by atoms with Gasteiger partial charge in [0.1, 0.15) is 0 Å². The number of halogens is 1. The van der Waals surface area contributed by atoms with Crippen molar-refractivity contribution in [3.63, 3.8) is 0 Å². The third kappa shape index (κ3) is 12.9. The molecule has 6 nitrogen and oxygen atoms in total. The molecule has 0 aliphatic carbocycles. The lowest BCUT2D eigenvalue weighted by atomic mass is 10.1. The number of hydrogen-bond acceptors (Lipinski definition) is 7. The number of allylic oxidation sites excluding steroid dienone is 1. The predicted octanol–water partition coefficient (Wildman–Crippen LogP) is 1.44. The highest BCUT2D eigenvalue weighted by Crippen LogP contribution is 2.16. The Balaban J connectivity index is 2.30. The smallest absolute Gasteiger partial charge is 0.0603 e. The minimum absolute atomic E-state index is 0.453. The van der Waals surface area contributed by atoms with Crippen LogP contribution in [0.1, 0.15) is 12.8 Å². The fourth-order valence-corrected chi connectivity index (χ4v) is 3.86. The summed E-state index contributed by atoms with van der Waals surface area (Å²) in [7, 11) is 1.75. The number of hydrogen-bond donors (Lipinski definition) is 3. The van der Waals surface area contributed by atoms with Gasteiger partial charge in [0, 0.05) is 73.1 Å². The summed E-state index contributed by atoms with van der Waals surface area (Å²) in [6, 6.07) is 0.453. The molecule has 1 saturated heterocycles. The van der Waals surface area contributed by atoms with Gasteiger partial charge in [0.05, 0.1) is 26.4 Å². The first kappa shape index (κ1) is 22.6. The molecule has 3 N–H and O–H groups in total. The second-order valence-corrected chi connectivity index (χ2v) is 7.53. The molecule has 1 fully saturated rings. The summed E-state index contributed by atoms with van der Waals surface area (Å²) in [4.78, 5) is 0. The van der Waals surface area contributed by atoms with Crippen LogP contribution in [-0.4, -0.2) is 82.6 Å². The Kier molecular flexibility index (Phi) is 16.0. The van der Waals surface area contributed by atoms with E-state index in [-0.39, 0.29) is 0 Å². The van der Waals surface area contributed by atoms with Gasteiger partial charge in [-0.2, -0.15) is 0 Å². The average molecular weight is 472 g/mol. The first-order valence-electron chi connectivity index (χ1n) is 8.81. The minimum atomic E-state index is 0.453. The van der Waals surface area contributed by atoms with Gasteiger partial charge < -0.3 is 25.4 Å². The molecule has 0 saturated carbocycles. The van der Waals surface area contributed by atoms with E-state index in [4.69, 9.17) is 9.47 Å². The van der Waals surface area contributed by atoms with Crippen molar-refractivity contribution in [2.45, 2.75) is 18.9 Å². The summed E-state index contributed by atoms with van der Waals surface area (Å²) in [5.41, 5.74) is 0. The lowest BCUT2D eigenvalue weighted by molar-refractivity contribution is 0.122. The Hall–Kier alpha value is 0.580. The second kappa shape index (κ2) is 17.0. The van der Waals surface area contributed by atoms with Gasteiger partial charge in [0.2, 0.25) is 0 Å². The highest BCUT2D eigenvalue weighted by atomic mass is 127. The molecule has 0 aromatic heterocycles. The van der Waals surface area contributed by atoms with Crippen LogP contribution in [0.25, 0.3) is 0 Å². The second-order valence-electron chi connectivity index (χ2n) is 5.69. The zero-order chi connectivity index (χ0) is 17.3. The largest absolute Gasteiger partial charge is 0.379 e. The zero-order valence-corrected chi connectivity index (χ0v) is 17.6. The molecule has 1 atom stereocenters. The van der Waals surface area contributed by atoms with Crippen LogP contribution in [0.2, 0.25) is 0 Å². The van der Waals surface area contributed by atoms with Gasteiger partial charge in [0.25, 0.3) is 0 Å². The van der Waals surface area contributed by atoms with Crippen molar-refractivity contribution in [2.24, 2.45) is 0 Å². The molecule has 1 rings (SSSR count). The molecular formula is C16H33IN4O2S. The van der Waals surface area contributed by atoms with Crippen LogP contribution in [0.3, 0.4) is 0 Å². The zero-order valence-electron chi connectivity index (χ0n) is 14.6. The van der Waals surface area contributed by atoms with E-state index in [0.29, 0.717) is 6.04 Å². The summed E-state index contributed by atoms with van der Waals surface area (Å²) in [6.07, 6.45) is 4.11. The van der Waals surface area contributed by atoms with E-state index in [1.807, 2.05) is 6.08 Å². The molecule has 1 aliphatic rings. The summed E-state index contributed by atoms with van der Waals surface area (Å²) < 4.78 is 13.7. The van der Waals surface area contributed by atoms with Crippen molar-refractivity contribution in [3.05, 3.63) is 12.7 Å². The maximum atomic E-state index is 5.73. The maximum absolute atomic E-state index is 5.73. The number of nitrogens with zero attached hydrogens (tertiary/aromatic N) is 1. The van der Waals surface area contributed by atoms with Crippen LogP contribution >= 0.6 is 30.3 Å². The van der Waals surface area contributed by atoms with E-state index in [2.05, 4.69) is 48.0 Å². The third-order valence-corrected chi connectivity index (χ3v) is 5.99. The van der Waals surface area contributed by atoms with Crippen LogP contribution in [0.5, 0.6) is 0 Å². The van der Waals surface area contributed by atoms with Crippen LogP contribution in [0, 0.1) is 0 Å². The highest BCUT2D eigenvalue weighted by Gasteiger charge is 2.07. The fourth-order valence-electron chi connectivity index (χ4n) is 2.38. The summed E-state index contributed by atoms with van der Waals surface area (Å²) in [5.74, 6) is 0. The molecule has 1 unspecified atom stereocenters. The first-order valence-corrected chi connectivity index (χ1v) is 12.1. The van der Waals surface area contributed by atoms with E-state index in [1.165, 1.54) is 0 Å². The van der Waals surface area contributed by atoms with Gasteiger partial charge >= 0.3 is 0 Å². The maximum Gasteiger partial charge on any atom is 0.0603 e. The molecule has 0 aromatic carbocycles. The molecule has 142 valence electrons. The van der Waals surface area contributed by atoms with E-state index >= 15 is 0 Å². The van der Waals surface area contributed by atoms with E-state index in [9.17, 15) is 0 Å². The van der Waals surface area contributed by atoms with Crippen LogP contribution in [0.4, 0.5) is 0 Å². The van der Waals surface area contributed by atoms with E-state index < -0.39 is 0 Å². The van der Waals surface area contributed by atoms with Crippen LogP contribution < -0.4 is 16.0 Å². The normalized spacial score (nSPS) is 24.8. The standard InChI is InChI=1S/C16H33IN4O2S/c1-2-3-4-16-15-19-7-12-23-14-10-21(24-17)9-5-18-6-11-22-13-8-20-16/h2,16,18-20H,1,3-15H2. The van der Waals surface area contributed by atoms with Crippen molar-refractivity contribution in [2.75, 3.05) is 72.2 Å². The summed E-state index contributed by atoms with van der Waals surface area (Å²) >= 11 is 2.33. The Bertz CT molecular complexity index is 303. The molecule has 0 radical (unpaired) electrons. The number of ether oxygens (including phenoxy) is 2. The molecule has 0 spiro atoms. The molecular weight excluding hydrogens is 439 g/mol. The predicted molar refractivity (Wildman–Crippen MR) is 112 cm³/mol. The quantitative estimate of drug-likeness (QED) is 0.325. The van der Waals surface area contributed by atoms with Gasteiger partial charge in [-0.05, 0) is 22.0 Å². The highest BCUT2D eigenvalue weighted by molar-refractivity contribution is 14.2. The Morgan fingerprint density at radius 2 is 1.79 bits per heavy atom. The SMILES string of the molecule is C=CCCC1CNCCOCCN(SI)CCNCCOCCN1.